The van der Waals surface area contributed by atoms with E-state index in [-0.39, 0.29) is 12.1 Å². The Labute approximate surface area is 94.3 Å². The number of nitrogens with one attached hydrogen (secondary N) is 2. The third kappa shape index (κ3) is 2.23. The van der Waals surface area contributed by atoms with Gasteiger partial charge in [0.15, 0.2) is 5.82 Å². The molecule has 0 amide bonds. The molecule has 1 aliphatic rings. The third-order valence-corrected chi connectivity index (χ3v) is 3.04. The molecule has 0 saturated heterocycles. The number of hydrogen-bond donors (Lipinski definition) is 4. The molecule has 0 aromatic carbocycles. The van der Waals surface area contributed by atoms with Crippen LogP contribution in [0.15, 0.2) is 12.4 Å². The highest BCUT2D eigenvalue weighted by atomic mass is 16.3. The summed E-state index contributed by atoms with van der Waals surface area (Å²) in [6, 6.07) is 0. The summed E-state index contributed by atoms with van der Waals surface area (Å²) in [6.07, 6.45) is 7.38. The average molecular weight is 223 g/mol. The van der Waals surface area contributed by atoms with Crippen LogP contribution in [0.25, 0.3) is 0 Å². The lowest BCUT2D eigenvalue weighted by molar-refractivity contribution is 0.214. The van der Waals surface area contributed by atoms with E-state index in [0.717, 1.165) is 25.7 Å². The van der Waals surface area contributed by atoms with E-state index in [2.05, 4.69) is 20.7 Å². The van der Waals surface area contributed by atoms with Crippen LogP contribution < -0.4 is 16.6 Å². The number of hydrogen-bond acceptors (Lipinski definition) is 6. The van der Waals surface area contributed by atoms with Crippen molar-refractivity contribution in [2.45, 2.75) is 31.2 Å². The van der Waals surface area contributed by atoms with E-state index >= 15 is 0 Å². The Kier molecular flexibility index (Phi) is 3.21. The zero-order chi connectivity index (χ0) is 11.4. The van der Waals surface area contributed by atoms with Crippen molar-refractivity contribution in [3.8, 4) is 0 Å². The number of nitrogen functional groups attached to an aromatic ring is 1. The molecule has 1 fully saturated rings. The van der Waals surface area contributed by atoms with Crippen LogP contribution in [0.3, 0.4) is 0 Å². The highest BCUT2D eigenvalue weighted by Crippen LogP contribution is 2.32. The quantitative estimate of drug-likeness (QED) is 0.438. The molecular formula is C10H17N5O. The molecule has 6 heteroatoms. The van der Waals surface area contributed by atoms with Gasteiger partial charge in [-0.25, -0.2) is 10.8 Å². The van der Waals surface area contributed by atoms with Crippen molar-refractivity contribution < 1.29 is 5.11 Å². The predicted octanol–water partition coefficient (Wildman–Crippen LogP) is 0.479. The summed E-state index contributed by atoms with van der Waals surface area (Å²) in [5.41, 5.74) is 2.21. The summed E-state index contributed by atoms with van der Waals surface area (Å²) in [5.74, 6) is 6.42. The molecule has 1 heterocycles. The van der Waals surface area contributed by atoms with Gasteiger partial charge >= 0.3 is 0 Å². The van der Waals surface area contributed by atoms with Gasteiger partial charge in [0.05, 0.1) is 24.5 Å². The SMILES string of the molecule is NNc1cncc(NC2(CO)CCCC2)n1. The molecule has 88 valence electrons. The fourth-order valence-corrected chi connectivity index (χ4v) is 2.14. The van der Waals surface area contributed by atoms with Gasteiger partial charge in [-0.05, 0) is 12.8 Å². The lowest BCUT2D eigenvalue weighted by Crippen LogP contribution is -2.39. The maximum Gasteiger partial charge on any atom is 0.160 e. The molecule has 1 aromatic rings. The molecule has 5 N–H and O–H groups in total. The topological polar surface area (TPSA) is 96.1 Å². The highest BCUT2D eigenvalue weighted by molar-refractivity contribution is 5.43. The van der Waals surface area contributed by atoms with Crippen molar-refractivity contribution >= 4 is 11.6 Å². The van der Waals surface area contributed by atoms with E-state index in [0.29, 0.717) is 11.6 Å². The molecule has 0 spiro atoms. The van der Waals surface area contributed by atoms with Crippen molar-refractivity contribution in [2.75, 3.05) is 17.3 Å². The first-order chi connectivity index (χ1) is 7.78. The Morgan fingerprint density at radius 3 is 2.62 bits per heavy atom. The van der Waals surface area contributed by atoms with Crippen LogP contribution in [-0.2, 0) is 0 Å². The number of nitrogens with zero attached hydrogens (tertiary/aromatic N) is 2. The van der Waals surface area contributed by atoms with E-state index in [9.17, 15) is 5.11 Å². The molecule has 1 saturated carbocycles. The number of hydrazine groups is 1. The summed E-state index contributed by atoms with van der Waals surface area (Å²) >= 11 is 0. The van der Waals surface area contributed by atoms with E-state index in [1.807, 2.05) is 0 Å². The molecule has 0 unspecified atom stereocenters. The van der Waals surface area contributed by atoms with Crippen LogP contribution >= 0.6 is 0 Å². The summed E-state index contributed by atoms with van der Waals surface area (Å²) < 4.78 is 0. The smallest absolute Gasteiger partial charge is 0.160 e. The van der Waals surface area contributed by atoms with Crippen molar-refractivity contribution in [3.63, 3.8) is 0 Å². The fourth-order valence-electron chi connectivity index (χ4n) is 2.14. The lowest BCUT2D eigenvalue weighted by Gasteiger charge is -2.28. The number of rotatable bonds is 4. The zero-order valence-corrected chi connectivity index (χ0v) is 9.11. The summed E-state index contributed by atoms with van der Waals surface area (Å²) in [6.45, 7) is 0.120. The van der Waals surface area contributed by atoms with Gasteiger partial charge in [0.1, 0.15) is 5.82 Å². The lowest BCUT2D eigenvalue weighted by atomic mass is 9.99. The highest BCUT2D eigenvalue weighted by Gasteiger charge is 2.33. The summed E-state index contributed by atoms with van der Waals surface area (Å²) in [5, 5.41) is 12.7. The first-order valence-corrected chi connectivity index (χ1v) is 5.46. The largest absolute Gasteiger partial charge is 0.394 e. The molecule has 0 bridgehead atoms. The minimum atomic E-state index is -0.234. The van der Waals surface area contributed by atoms with Crippen LogP contribution in [-0.4, -0.2) is 27.2 Å². The van der Waals surface area contributed by atoms with E-state index < -0.39 is 0 Å². The van der Waals surface area contributed by atoms with Gasteiger partial charge in [0.25, 0.3) is 0 Å². The predicted molar refractivity (Wildman–Crippen MR) is 61.7 cm³/mol. The van der Waals surface area contributed by atoms with Gasteiger partial charge in [-0.1, -0.05) is 12.8 Å². The first kappa shape index (κ1) is 11.1. The van der Waals surface area contributed by atoms with Crippen LogP contribution in [0.1, 0.15) is 25.7 Å². The van der Waals surface area contributed by atoms with Crippen LogP contribution in [0, 0.1) is 0 Å². The van der Waals surface area contributed by atoms with Gasteiger partial charge in [-0.15, -0.1) is 0 Å². The minimum Gasteiger partial charge on any atom is -0.394 e. The Morgan fingerprint density at radius 1 is 1.31 bits per heavy atom. The molecule has 1 aliphatic carbocycles. The Balaban J connectivity index is 2.12. The standard InChI is InChI=1S/C10H17N5O/c11-15-9-6-12-5-8(13-9)14-10(7-16)3-1-2-4-10/h5-6,16H,1-4,7,11H2,(H2,13,14,15). The van der Waals surface area contributed by atoms with Gasteiger partial charge in [-0.2, -0.15) is 0 Å². The monoisotopic (exact) mass is 223 g/mol. The molecular weight excluding hydrogens is 206 g/mol. The fraction of sp³-hybridized carbons (Fsp3) is 0.600. The zero-order valence-electron chi connectivity index (χ0n) is 9.11. The van der Waals surface area contributed by atoms with Crippen molar-refractivity contribution in [2.24, 2.45) is 5.84 Å². The summed E-state index contributed by atoms with van der Waals surface area (Å²) in [7, 11) is 0. The third-order valence-electron chi connectivity index (χ3n) is 3.04. The van der Waals surface area contributed by atoms with E-state index in [1.165, 1.54) is 0 Å². The van der Waals surface area contributed by atoms with Gasteiger partial charge in [0, 0.05) is 0 Å². The molecule has 6 nitrogen and oxygen atoms in total. The normalized spacial score (nSPS) is 18.4. The molecule has 1 aromatic heterocycles. The van der Waals surface area contributed by atoms with Crippen LogP contribution in [0.4, 0.5) is 11.6 Å². The molecule has 0 atom stereocenters. The Hall–Kier alpha value is -1.40. The van der Waals surface area contributed by atoms with Crippen molar-refractivity contribution in [1.82, 2.24) is 9.97 Å². The number of nitrogens with two attached hydrogens (primary N) is 1. The molecule has 0 aliphatic heterocycles. The number of aromatic nitrogens is 2. The van der Waals surface area contributed by atoms with E-state index in [4.69, 9.17) is 5.84 Å². The molecule has 2 rings (SSSR count). The second kappa shape index (κ2) is 4.63. The molecule has 0 radical (unpaired) electrons. The van der Waals surface area contributed by atoms with Crippen molar-refractivity contribution in [1.29, 1.82) is 0 Å². The molecule has 16 heavy (non-hydrogen) atoms. The number of aliphatic hydroxyl groups excluding tert-OH is 1. The maximum absolute atomic E-state index is 9.45. The second-order valence-electron chi connectivity index (χ2n) is 4.20. The summed E-state index contributed by atoms with van der Waals surface area (Å²) in [4.78, 5) is 8.24. The average Bonchev–Trinajstić information content (AvgIpc) is 2.78. The van der Waals surface area contributed by atoms with E-state index in [1.54, 1.807) is 12.4 Å². The minimum absolute atomic E-state index is 0.120. The van der Waals surface area contributed by atoms with Gasteiger partial charge in [-0.3, -0.25) is 4.98 Å². The first-order valence-electron chi connectivity index (χ1n) is 5.46. The van der Waals surface area contributed by atoms with Crippen LogP contribution in [0.2, 0.25) is 0 Å². The Morgan fingerprint density at radius 2 is 2.00 bits per heavy atom. The maximum atomic E-state index is 9.45. The second-order valence-corrected chi connectivity index (χ2v) is 4.20. The van der Waals surface area contributed by atoms with Gasteiger partial charge < -0.3 is 15.8 Å². The Bertz CT molecular complexity index is 351. The van der Waals surface area contributed by atoms with Crippen molar-refractivity contribution in [3.05, 3.63) is 12.4 Å². The number of anilines is 2. The van der Waals surface area contributed by atoms with Gasteiger partial charge in [0.2, 0.25) is 0 Å². The number of aliphatic hydroxyl groups is 1. The van der Waals surface area contributed by atoms with Crippen LogP contribution in [0.5, 0.6) is 0 Å².